The van der Waals surface area contributed by atoms with Crippen LogP contribution in [0.15, 0.2) is 35.4 Å². The van der Waals surface area contributed by atoms with Crippen LogP contribution in [0.5, 0.6) is 0 Å². The zero-order valence-corrected chi connectivity index (χ0v) is 11.7. The maximum Gasteiger partial charge on any atom is 0.275 e. The molecule has 0 atom stereocenters. The van der Waals surface area contributed by atoms with Crippen LogP contribution in [0, 0.1) is 10.5 Å². The number of nitrogens with one attached hydrogen (secondary N) is 2. The van der Waals surface area contributed by atoms with E-state index < -0.39 is 0 Å². The molecule has 6 heteroatoms. The summed E-state index contributed by atoms with van der Waals surface area (Å²) in [6.45, 7) is 2.00. The minimum absolute atomic E-state index is 0.171. The highest BCUT2D eigenvalue weighted by Gasteiger charge is 2.08. The molecule has 0 spiro atoms. The summed E-state index contributed by atoms with van der Waals surface area (Å²) in [7, 11) is 0. The summed E-state index contributed by atoms with van der Waals surface area (Å²) in [6, 6.07) is 5.62. The second kappa shape index (κ2) is 5.30. The molecule has 0 bridgehead atoms. The standard InChI is InChI=1S/C12H10IN3O2/c1-7-2-3-8(4-9(7)13)16-12(18)10-5-15-11(17)6-14-10/h2-6H,1H3,(H,15,17)(H,16,18). The zero-order chi connectivity index (χ0) is 13.1. The molecule has 0 aliphatic heterocycles. The number of aryl methyl sites for hydroxylation is 1. The van der Waals surface area contributed by atoms with Gasteiger partial charge >= 0.3 is 0 Å². The lowest BCUT2D eigenvalue weighted by Crippen LogP contribution is -2.17. The van der Waals surface area contributed by atoms with Crippen LogP contribution in [-0.4, -0.2) is 15.9 Å². The summed E-state index contributed by atoms with van der Waals surface area (Å²) < 4.78 is 1.07. The van der Waals surface area contributed by atoms with Gasteiger partial charge < -0.3 is 10.3 Å². The molecule has 1 aromatic carbocycles. The van der Waals surface area contributed by atoms with Gasteiger partial charge in [-0.05, 0) is 47.2 Å². The highest BCUT2D eigenvalue weighted by atomic mass is 127. The molecule has 1 aromatic heterocycles. The Morgan fingerprint density at radius 1 is 1.44 bits per heavy atom. The molecule has 0 aliphatic carbocycles. The Kier molecular flexibility index (Phi) is 3.75. The van der Waals surface area contributed by atoms with Gasteiger partial charge in [-0.2, -0.15) is 0 Å². The number of amides is 1. The highest BCUT2D eigenvalue weighted by Crippen LogP contribution is 2.17. The van der Waals surface area contributed by atoms with Gasteiger partial charge in [-0.3, -0.25) is 9.59 Å². The Labute approximate surface area is 117 Å². The maximum absolute atomic E-state index is 11.8. The van der Waals surface area contributed by atoms with Gasteiger partial charge in [0.15, 0.2) is 0 Å². The normalized spacial score (nSPS) is 10.1. The van der Waals surface area contributed by atoms with Crippen molar-refractivity contribution in [3.05, 3.63) is 55.8 Å². The van der Waals surface area contributed by atoms with Gasteiger partial charge in [0.25, 0.3) is 11.5 Å². The number of nitrogens with zero attached hydrogens (tertiary/aromatic N) is 1. The Morgan fingerprint density at radius 3 is 2.83 bits per heavy atom. The SMILES string of the molecule is Cc1ccc(NC(=O)c2c[nH]c(=O)cn2)cc1I. The molecule has 18 heavy (non-hydrogen) atoms. The molecule has 1 amide bonds. The number of hydrogen-bond acceptors (Lipinski definition) is 3. The van der Waals surface area contributed by atoms with Gasteiger partial charge in [-0.25, -0.2) is 4.98 Å². The van der Waals surface area contributed by atoms with E-state index in [1.54, 1.807) is 0 Å². The average molecular weight is 355 g/mol. The number of carbonyl (C=O) groups excluding carboxylic acids is 1. The lowest BCUT2D eigenvalue weighted by atomic mass is 10.2. The molecule has 0 radical (unpaired) electrons. The molecule has 0 unspecified atom stereocenters. The molecule has 2 aromatic rings. The third-order valence-corrected chi connectivity index (χ3v) is 3.50. The molecular weight excluding hydrogens is 345 g/mol. The third-order valence-electron chi connectivity index (χ3n) is 2.33. The topological polar surface area (TPSA) is 74.8 Å². The summed E-state index contributed by atoms with van der Waals surface area (Å²) in [5.74, 6) is -0.356. The summed E-state index contributed by atoms with van der Waals surface area (Å²) in [5.41, 5.74) is 1.68. The predicted molar refractivity (Wildman–Crippen MR) is 76.7 cm³/mol. The monoisotopic (exact) mass is 355 g/mol. The first kappa shape index (κ1) is 12.7. The van der Waals surface area contributed by atoms with Gasteiger partial charge in [0.1, 0.15) is 5.69 Å². The van der Waals surface area contributed by atoms with Crippen molar-refractivity contribution in [1.29, 1.82) is 0 Å². The average Bonchev–Trinajstić information content (AvgIpc) is 2.34. The summed E-state index contributed by atoms with van der Waals surface area (Å²) in [4.78, 5) is 28.8. The molecule has 1 heterocycles. The van der Waals surface area contributed by atoms with Crippen molar-refractivity contribution in [2.75, 3.05) is 5.32 Å². The van der Waals surface area contributed by atoms with Gasteiger partial charge in [-0.1, -0.05) is 6.07 Å². The molecule has 0 fully saturated rings. The maximum atomic E-state index is 11.8. The first-order valence-electron chi connectivity index (χ1n) is 5.18. The minimum atomic E-state index is -0.356. The molecule has 5 nitrogen and oxygen atoms in total. The summed E-state index contributed by atoms with van der Waals surface area (Å²) in [6.07, 6.45) is 2.37. The van der Waals surface area contributed by atoms with E-state index in [-0.39, 0.29) is 17.2 Å². The van der Waals surface area contributed by atoms with Crippen molar-refractivity contribution in [1.82, 2.24) is 9.97 Å². The van der Waals surface area contributed by atoms with Gasteiger partial charge in [0.05, 0.1) is 6.20 Å². The molecular formula is C12H10IN3O2. The molecule has 2 N–H and O–H groups in total. The number of H-pyrrole nitrogens is 1. The van der Waals surface area contributed by atoms with E-state index >= 15 is 0 Å². The van der Waals surface area contributed by atoms with Crippen LogP contribution >= 0.6 is 22.6 Å². The van der Waals surface area contributed by atoms with Crippen molar-refractivity contribution >= 4 is 34.2 Å². The molecule has 0 saturated heterocycles. The fourth-order valence-electron chi connectivity index (χ4n) is 1.33. The van der Waals surface area contributed by atoms with Crippen LogP contribution in [0.2, 0.25) is 0 Å². The highest BCUT2D eigenvalue weighted by molar-refractivity contribution is 14.1. The van der Waals surface area contributed by atoms with Crippen LogP contribution in [0.4, 0.5) is 5.69 Å². The molecule has 92 valence electrons. The summed E-state index contributed by atoms with van der Waals surface area (Å²) in [5, 5.41) is 2.72. The van der Waals surface area contributed by atoms with Crippen molar-refractivity contribution in [2.45, 2.75) is 6.92 Å². The Balaban J connectivity index is 2.18. The van der Waals surface area contributed by atoms with Gasteiger partial charge in [-0.15, -0.1) is 0 Å². The first-order valence-corrected chi connectivity index (χ1v) is 6.26. The van der Waals surface area contributed by atoms with Crippen molar-refractivity contribution in [3.63, 3.8) is 0 Å². The van der Waals surface area contributed by atoms with Crippen LogP contribution in [0.3, 0.4) is 0 Å². The van der Waals surface area contributed by atoms with Crippen LogP contribution in [-0.2, 0) is 0 Å². The van der Waals surface area contributed by atoms with E-state index in [1.807, 2.05) is 25.1 Å². The number of aromatic amines is 1. The van der Waals surface area contributed by atoms with Crippen molar-refractivity contribution in [3.8, 4) is 0 Å². The van der Waals surface area contributed by atoms with Crippen molar-refractivity contribution < 1.29 is 4.79 Å². The minimum Gasteiger partial charge on any atom is -0.325 e. The van der Waals surface area contributed by atoms with Crippen LogP contribution < -0.4 is 10.9 Å². The lowest BCUT2D eigenvalue weighted by molar-refractivity contribution is 0.102. The van der Waals surface area contributed by atoms with E-state index in [2.05, 4.69) is 37.9 Å². The van der Waals surface area contributed by atoms with Crippen LogP contribution in [0.1, 0.15) is 16.1 Å². The first-order chi connectivity index (χ1) is 8.56. The van der Waals surface area contributed by atoms with Crippen LogP contribution in [0.25, 0.3) is 0 Å². The number of benzene rings is 1. The van der Waals surface area contributed by atoms with Gasteiger partial charge in [0, 0.05) is 15.5 Å². The van der Waals surface area contributed by atoms with Gasteiger partial charge in [0.2, 0.25) is 0 Å². The zero-order valence-electron chi connectivity index (χ0n) is 9.53. The number of rotatable bonds is 2. The lowest BCUT2D eigenvalue weighted by Gasteiger charge is -2.06. The Morgan fingerprint density at radius 2 is 2.22 bits per heavy atom. The third kappa shape index (κ3) is 2.95. The number of halogens is 1. The van der Waals surface area contributed by atoms with E-state index in [1.165, 1.54) is 6.20 Å². The predicted octanol–water partition coefficient (Wildman–Crippen LogP) is 1.94. The van der Waals surface area contributed by atoms with Crippen molar-refractivity contribution in [2.24, 2.45) is 0 Å². The van der Waals surface area contributed by atoms with E-state index in [9.17, 15) is 9.59 Å². The van der Waals surface area contributed by atoms with E-state index in [0.717, 1.165) is 15.3 Å². The Hall–Kier alpha value is -1.70. The molecule has 0 aliphatic rings. The summed E-state index contributed by atoms with van der Waals surface area (Å²) >= 11 is 2.20. The smallest absolute Gasteiger partial charge is 0.275 e. The fraction of sp³-hybridized carbons (Fsp3) is 0.0833. The quantitative estimate of drug-likeness (QED) is 0.809. The number of anilines is 1. The second-order valence-corrected chi connectivity index (χ2v) is 4.88. The number of carbonyl (C=O) groups is 1. The molecule has 0 saturated carbocycles. The second-order valence-electron chi connectivity index (χ2n) is 3.71. The van der Waals surface area contributed by atoms with E-state index in [0.29, 0.717) is 5.69 Å². The number of hydrogen-bond donors (Lipinski definition) is 2. The van der Waals surface area contributed by atoms with E-state index in [4.69, 9.17) is 0 Å². The Bertz CT molecular complexity index is 632. The fourth-order valence-corrected chi connectivity index (χ4v) is 1.85. The largest absolute Gasteiger partial charge is 0.325 e. The number of aromatic nitrogens is 2. The molecule has 2 rings (SSSR count).